The van der Waals surface area contributed by atoms with E-state index in [1.807, 2.05) is 50.2 Å². The molecule has 2 aromatic carbocycles. The standard InChI is InChI=1S/C34H44Cl2N6O3/c1-4-6-7-8-9-10-11-12-13-17-22-43-29-21-20-27(35)23-28(29)37-24-45-34(3,5-2)38-25-44-33-30(36)32-40-39-31(42(32)41-33)26-18-15-14-16-19-26/h14-16,18-21,23-25,41H,4-13,17,22H2,1-3H3/b37-24?,38-25+. The maximum absolute atomic E-state index is 6.50. The molecule has 0 aliphatic heterocycles. The van der Waals surface area contributed by atoms with E-state index < -0.39 is 5.72 Å². The molecule has 0 saturated heterocycles. The number of aliphatic imine (C=N–C) groups is 2. The van der Waals surface area contributed by atoms with Crippen molar-refractivity contribution in [2.75, 3.05) is 6.61 Å². The average molecular weight is 656 g/mol. The first kappa shape index (κ1) is 34.3. The fourth-order valence-electron chi connectivity index (χ4n) is 4.71. The van der Waals surface area contributed by atoms with E-state index in [1.165, 1.54) is 64.2 Å². The number of H-pyrrole nitrogens is 1. The largest absolute Gasteiger partial charge is 0.491 e. The van der Waals surface area contributed by atoms with E-state index in [0.29, 0.717) is 46.0 Å². The van der Waals surface area contributed by atoms with Crippen molar-refractivity contribution in [3.63, 3.8) is 0 Å². The molecule has 2 heterocycles. The number of unbranched alkanes of at least 4 members (excludes halogenated alkanes) is 9. The van der Waals surface area contributed by atoms with Crippen LogP contribution in [0.3, 0.4) is 0 Å². The highest BCUT2D eigenvalue weighted by Gasteiger charge is 2.22. The summed E-state index contributed by atoms with van der Waals surface area (Å²) in [5.41, 5.74) is 1.00. The summed E-state index contributed by atoms with van der Waals surface area (Å²) in [6.07, 6.45) is 16.0. The van der Waals surface area contributed by atoms with Crippen LogP contribution in [-0.4, -0.2) is 44.9 Å². The van der Waals surface area contributed by atoms with E-state index >= 15 is 0 Å². The summed E-state index contributed by atoms with van der Waals surface area (Å²) in [7, 11) is 0. The lowest BCUT2D eigenvalue weighted by Crippen LogP contribution is -2.25. The van der Waals surface area contributed by atoms with Gasteiger partial charge in [-0.25, -0.2) is 14.5 Å². The molecule has 1 atom stereocenters. The monoisotopic (exact) mass is 654 g/mol. The molecule has 0 aliphatic rings. The molecule has 11 heteroatoms. The Morgan fingerprint density at radius 2 is 1.60 bits per heavy atom. The van der Waals surface area contributed by atoms with Crippen LogP contribution in [-0.2, 0) is 4.74 Å². The van der Waals surface area contributed by atoms with Crippen molar-refractivity contribution in [2.45, 2.75) is 97.1 Å². The summed E-state index contributed by atoms with van der Waals surface area (Å²) in [5.74, 6) is 1.57. The van der Waals surface area contributed by atoms with Gasteiger partial charge in [0.2, 0.25) is 11.6 Å². The van der Waals surface area contributed by atoms with Gasteiger partial charge in [0.1, 0.15) is 16.5 Å². The molecule has 1 N–H and O–H groups in total. The predicted octanol–water partition coefficient (Wildman–Crippen LogP) is 10.2. The Hall–Kier alpha value is -3.56. The number of halogens is 2. The molecule has 0 aliphatic carbocycles. The van der Waals surface area contributed by atoms with Gasteiger partial charge in [0.15, 0.2) is 24.3 Å². The number of rotatable bonds is 20. The summed E-state index contributed by atoms with van der Waals surface area (Å²) < 4.78 is 19.4. The third-order valence-electron chi connectivity index (χ3n) is 7.63. The number of fused-ring (bicyclic) bond motifs is 1. The zero-order valence-corrected chi connectivity index (χ0v) is 28.0. The van der Waals surface area contributed by atoms with Crippen molar-refractivity contribution in [3.8, 4) is 23.0 Å². The first-order valence-electron chi connectivity index (χ1n) is 15.9. The summed E-state index contributed by atoms with van der Waals surface area (Å²) in [5, 5.41) is 12.4. The molecule has 0 bridgehead atoms. The highest BCUT2D eigenvalue weighted by atomic mass is 35.5. The number of hydrogen-bond donors (Lipinski definition) is 1. The molecule has 45 heavy (non-hydrogen) atoms. The van der Waals surface area contributed by atoms with Crippen molar-refractivity contribution in [3.05, 3.63) is 58.6 Å². The van der Waals surface area contributed by atoms with Gasteiger partial charge in [-0.3, -0.25) is 5.10 Å². The zero-order valence-electron chi connectivity index (χ0n) is 26.5. The second-order valence-corrected chi connectivity index (χ2v) is 12.0. The number of ether oxygens (including phenoxy) is 3. The Labute approximate surface area is 276 Å². The molecular weight excluding hydrogens is 611 g/mol. The van der Waals surface area contributed by atoms with Crippen LogP contribution < -0.4 is 9.47 Å². The first-order valence-corrected chi connectivity index (χ1v) is 16.7. The molecule has 0 spiro atoms. The molecule has 2 aromatic heterocycles. The number of aromatic nitrogens is 4. The molecule has 1 unspecified atom stereocenters. The predicted molar refractivity (Wildman–Crippen MR) is 184 cm³/mol. The lowest BCUT2D eigenvalue weighted by Gasteiger charge is -2.21. The number of aromatic amines is 1. The molecule has 0 radical (unpaired) electrons. The van der Waals surface area contributed by atoms with Gasteiger partial charge in [0, 0.05) is 17.0 Å². The lowest BCUT2D eigenvalue weighted by molar-refractivity contribution is 0.0888. The maximum atomic E-state index is 6.50. The van der Waals surface area contributed by atoms with Crippen LogP contribution in [0.4, 0.5) is 5.69 Å². The SMILES string of the molecule is CCCCCCCCCCCCOc1ccc(Cl)cc1N=COC(C)(CC)/N=C/Oc1[nH]n2c(-c3ccccc3)nnc2c1Cl. The lowest BCUT2D eigenvalue weighted by atomic mass is 10.1. The summed E-state index contributed by atoms with van der Waals surface area (Å²) in [6, 6.07) is 15.1. The molecule has 242 valence electrons. The van der Waals surface area contributed by atoms with Gasteiger partial charge in [0.05, 0.1) is 6.61 Å². The normalized spacial score (nSPS) is 13.2. The van der Waals surface area contributed by atoms with Crippen LogP contribution in [0.1, 0.15) is 91.4 Å². The van der Waals surface area contributed by atoms with Gasteiger partial charge in [-0.2, -0.15) is 0 Å². The Bertz CT molecular complexity index is 1520. The van der Waals surface area contributed by atoms with Crippen LogP contribution in [0.2, 0.25) is 10.0 Å². The Morgan fingerprint density at radius 1 is 0.889 bits per heavy atom. The van der Waals surface area contributed by atoms with Gasteiger partial charge in [0.25, 0.3) is 0 Å². The molecule has 0 fully saturated rings. The highest BCUT2D eigenvalue weighted by molar-refractivity contribution is 6.35. The van der Waals surface area contributed by atoms with Crippen molar-refractivity contribution in [2.24, 2.45) is 9.98 Å². The molecule has 4 rings (SSSR count). The molecular formula is C34H44Cl2N6O3. The minimum atomic E-state index is -0.935. The number of hydrogen-bond acceptors (Lipinski definition) is 7. The van der Waals surface area contributed by atoms with Crippen molar-refractivity contribution >= 4 is 47.3 Å². The molecule has 4 aromatic rings. The smallest absolute Gasteiger partial charge is 0.236 e. The topological polar surface area (TPSA) is 98.4 Å². The second-order valence-electron chi connectivity index (χ2n) is 11.2. The van der Waals surface area contributed by atoms with Crippen molar-refractivity contribution in [1.29, 1.82) is 0 Å². The number of nitrogens with one attached hydrogen (secondary N) is 1. The number of benzene rings is 2. The van der Waals surface area contributed by atoms with E-state index in [2.05, 4.69) is 32.2 Å². The third-order valence-corrected chi connectivity index (χ3v) is 8.21. The summed E-state index contributed by atoms with van der Waals surface area (Å²) in [6.45, 7) is 6.68. The Morgan fingerprint density at radius 3 is 2.31 bits per heavy atom. The van der Waals surface area contributed by atoms with E-state index in [0.717, 1.165) is 18.4 Å². The third kappa shape index (κ3) is 10.2. The minimum Gasteiger partial charge on any atom is -0.491 e. The quantitative estimate of drug-likeness (QED) is 0.0580. The highest BCUT2D eigenvalue weighted by Crippen LogP contribution is 2.32. The summed E-state index contributed by atoms with van der Waals surface area (Å²) >= 11 is 12.8. The van der Waals surface area contributed by atoms with Gasteiger partial charge in [-0.15, -0.1) is 10.2 Å². The Kier molecular flexibility index (Phi) is 13.6. The molecule has 0 amide bonds. The minimum absolute atomic E-state index is 0.290. The molecule has 0 saturated carbocycles. The fourth-order valence-corrected chi connectivity index (χ4v) is 5.09. The average Bonchev–Trinajstić information content (AvgIpc) is 3.60. The first-order chi connectivity index (χ1) is 21.9. The van der Waals surface area contributed by atoms with Crippen LogP contribution >= 0.6 is 23.2 Å². The van der Waals surface area contributed by atoms with Crippen molar-refractivity contribution in [1.82, 2.24) is 19.8 Å². The van der Waals surface area contributed by atoms with E-state index in [1.54, 1.807) is 16.6 Å². The van der Waals surface area contributed by atoms with Crippen LogP contribution in [0.25, 0.3) is 17.0 Å². The Balaban J connectivity index is 1.27. The fraction of sp³-hybridized carbons (Fsp3) is 0.471. The van der Waals surface area contributed by atoms with Crippen LogP contribution in [0.5, 0.6) is 11.6 Å². The van der Waals surface area contributed by atoms with Crippen LogP contribution in [0, 0.1) is 0 Å². The van der Waals surface area contributed by atoms with Crippen molar-refractivity contribution < 1.29 is 14.2 Å². The van der Waals surface area contributed by atoms with Gasteiger partial charge < -0.3 is 14.2 Å². The number of nitrogens with zero attached hydrogens (tertiary/aromatic N) is 5. The van der Waals surface area contributed by atoms with E-state index in [9.17, 15) is 0 Å². The van der Waals surface area contributed by atoms with Gasteiger partial charge in [-0.05, 0) is 31.5 Å². The van der Waals surface area contributed by atoms with Gasteiger partial charge in [-0.1, -0.05) is 125 Å². The van der Waals surface area contributed by atoms with E-state index in [-0.39, 0.29) is 5.88 Å². The second kappa shape index (κ2) is 17.8. The summed E-state index contributed by atoms with van der Waals surface area (Å²) in [4.78, 5) is 8.98. The molecule has 9 nitrogen and oxygen atoms in total. The van der Waals surface area contributed by atoms with E-state index in [4.69, 9.17) is 37.4 Å². The zero-order chi connectivity index (χ0) is 31.9. The van der Waals surface area contributed by atoms with Crippen LogP contribution in [0.15, 0.2) is 58.5 Å². The van der Waals surface area contributed by atoms with Gasteiger partial charge >= 0.3 is 0 Å². The maximum Gasteiger partial charge on any atom is 0.236 e.